The Hall–Kier alpha value is -2.31. The Balaban J connectivity index is 1.90. The van der Waals surface area contributed by atoms with Crippen LogP contribution in [0.25, 0.3) is 0 Å². The van der Waals surface area contributed by atoms with Crippen molar-refractivity contribution in [2.45, 2.75) is 0 Å². The molecule has 0 aromatic heterocycles. The molecule has 0 radical (unpaired) electrons. The lowest BCUT2D eigenvalue weighted by Crippen LogP contribution is -2.43. The van der Waals surface area contributed by atoms with Crippen LogP contribution in [-0.4, -0.2) is 18.1 Å². The number of amides is 1. The summed E-state index contributed by atoms with van der Waals surface area (Å²) in [5.41, 5.74) is 6.20. The predicted molar refractivity (Wildman–Crippen MR) is 91.3 cm³/mol. The number of hydrogen-bond donors (Lipinski definition) is 3. The molecule has 114 valence electrons. The van der Waals surface area contributed by atoms with Crippen molar-refractivity contribution in [3.8, 4) is 5.75 Å². The molecule has 0 heterocycles. The fourth-order valence-corrected chi connectivity index (χ4v) is 2.08. The summed E-state index contributed by atoms with van der Waals surface area (Å²) in [4.78, 5) is 12.0. The molecule has 0 spiro atoms. The molecule has 1 amide bonds. The molecule has 3 N–H and O–H groups in total. The highest BCUT2D eigenvalue weighted by atomic mass is 35.5. The quantitative estimate of drug-likeness (QED) is 0.594. The first-order valence-electron chi connectivity index (χ1n) is 6.36. The number of benzene rings is 2. The minimum absolute atomic E-state index is 0.244. The van der Waals surface area contributed by atoms with E-state index in [4.69, 9.17) is 28.6 Å². The maximum absolute atomic E-state index is 12.0. The van der Waals surface area contributed by atoms with Gasteiger partial charge in [-0.1, -0.05) is 29.8 Å². The highest BCUT2D eigenvalue weighted by molar-refractivity contribution is 7.80. The van der Waals surface area contributed by atoms with Crippen molar-refractivity contribution >= 4 is 40.5 Å². The third-order valence-electron chi connectivity index (χ3n) is 2.74. The molecule has 0 atom stereocenters. The van der Waals surface area contributed by atoms with E-state index in [0.717, 1.165) is 5.69 Å². The molecule has 22 heavy (non-hydrogen) atoms. The number of rotatable bonds is 3. The van der Waals surface area contributed by atoms with Crippen molar-refractivity contribution in [3.05, 3.63) is 59.1 Å². The molecule has 0 aliphatic heterocycles. The average molecular weight is 336 g/mol. The first-order valence-corrected chi connectivity index (χ1v) is 7.14. The molecular formula is C15H14ClN3O2S. The first kappa shape index (κ1) is 16.1. The van der Waals surface area contributed by atoms with Crippen molar-refractivity contribution in [2.24, 2.45) is 0 Å². The number of anilines is 1. The first-order chi connectivity index (χ1) is 10.6. The number of ether oxygens (including phenoxy) is 1. The van der Waals surface area contributed by atoms with Crippen molar-refractivity contribution in [3.63, 3.8) is 0 Å². The number of nitrogens with one attached hydrogen (secondary N) is 3. The Morgan fingerprint density at radius 2 is 1.91 bits per heavy atom. The summed E-state index contributed by atoms with van der Waals surface area (Å²) in [5, 5.41) is 3.54. The van der Waals surface area contributed by atoms with Gasteiger partial charge in [0.25, 0.3) is 5.91 Å². The van der Waals surface area contributed by atoms with Crippen molar-refractivity contribution in [1.82, 2.24) is 10.9 Å². The standard InChI is InChI=1S/C15H14ClN3O2S/c1-21-11-6-4-5-10(9-11)17-15(22)19-18-14(20)12-7-2-3-8-13(12)16/h2-9H,1H3,(H,18,20)(H2,17,19,22). The van der Waals surface area contributed by atoms with Gasteiger partial charge in [0.2, 0.25) is 0 Å². The number of hydrazine groups is 1. The van der Waals surface area contributed by atoms with E-state index >= 15 is 0 Å². The fourth-order valence-electron chi connectivity index (χ4n) is 1.69. The zero-order chi connectivity index (χ0) is 15.9. The van der Waals surface area contributed by atoms with E-state index in [1.165, 1.54) is 0 Å². The molecular weight excluding hydrogens is 322 g/mol. The van der Waals surface area contributed by atoms with E-state index in [2.05, 4.69) is 16.2 Å². The lowest BCUT2D eigenvalue weighted by molar-refractivity contribution is 0.0944. The second kappa shape index (κ2) is 7.63. The van der Waals surface area contributed by atoms with Crippen LogP contribution in [0.15, 0.2) is 48.5 Å². The van der Waals surface area contributed by atoms with Crippen LogP contribution >= 0.6 is 23.8 Å². The SMILES string of the molecule is COc1cccc(NC(=S)NNC(=O)c2ccccc2Cl)c1. The number of carbonyl (C=O) groups is 1. The highest BCUT2D eigenvalue weighted by Gasteiger charge is 2.09. The fraction of sp³-hybridized carbons (Fsp3) is 0.0667. The molecule has 7 heteroatoms. The van der Waals surface area contributed by atoms with Gasteiger partial charge in [0.1, 0.15) is 5.75 Å². The summed E-state index contributed by atoms with van der Waals surface area (Å²) in [5.74, 6) is 0.327. The van der Waals surface area contributed by atoms with Crippen LogP contribution in [0.1, 0.15) is 10.4 Å². The van der Waals surface area contributed by atoms with Gasteiger partial charge in [-0.15, -0.1) is 0 Å². The zero-order valence-corrected chi connectivity index (χ0v) is 13.3. The van der Waals surface area contributed by atoms with E-state index in [1.807, 2.05) is 18.2 Å². The maximum atomic E-state index is 12.0. The van der Waals surface area contributed by atoms with Crippen LogP contribution in [0, 0.1) is 0 Å². The van der Waals surface area contributed by atoms with Crippen molar-refractivity contribution in [1.29, 1.82) is 0 Å². The van der Waals surface area contributed by atoms with Gasteiger partial charge in [0, 0.05) is 11.8 Å². The maximum Gasteiger partial charge on any atom is 0.271 e. The van der Waals surface area contributed by atoms with Crippen LogP contribution < -0.4 is 20.9 Å². The highest BCUT2D eigenvalue weighted by Crippen LogP contribution is 2.16. The third-order valence-corrected chi connectivity index (χ3v) is 3.27. The Morgan fingerprint density at radius 1 is 1.14 bits per heavy atom. The minimum atomic E-state index is -0.375. The van der Waals surface area contributed by atoms with E-state index in [-0.39, 0.29) is 11.0 Å². The van der Waals surface area contributed by atoms with E-state index in [1.54, 1.807) is 37.4 Å². The Morgan fingerprint density at radius 3 is 2.64 bits per heavy atom. The topological polar surface area (TPSA) is 62.4 Å². The van der Waals surface area contributed by atoms with E-state index in [9.17, 15) is 4.79 Å². The molecule has 2 aromatic rings. The van der Waals surface area contributed by atoms with Gasteiger partial charge in [-0.2, -0.15) is 0 Å². The summed E-state index contributed by atoms with van der Waals surface area (Å²) in [6.45, 7) is 0. The number of thiocarbonyl (C=S) groups is 1. The summed E-state index contributed by atoms with van der Waals surface area (Å²) < 4.78 is 5.12. The van der Waals surface area contributed by atoms with Crippen LogP contribution in [0.4, 0.5) is 5.69 Å². The van der Waals surface area contributed by atoms with Gasteiger partial charge in [0.15, 0.2) is 5.11 Å². The lowest BCUT2D eigenvalue weighted by atomic mass is 10.2. The molecule has 2 aromatic carbocycles. The summed E-state index contributed by atoms with van der Waals surface area (Å²) >= 11 is 11.1. The molecule has 0 fully saturated rings. The largest absolute Gasteiger partial charge is 0.497 e. The lowest BCUT2D eigenvalue weighted by Gasteiger charge is -2.12. The summed E-state index contributed by atoms with van der Waals surface area (Å²) in [7, 11) is 1.58. The third kappa shape index (κ3) is 4.34. The number of halogens is 1. The van der Waals surface area contributed by atoms with Gasteiger partial charge >= 0.3 is 0 Å². The van der Waals surface area contributed by atoms with Gasteiger partial charge in [-0.05, 0) is 36.5 Å². The number of carbonyl (C=O) groups excluding carboxylic acids is 1. The van der Waals surface area contributed by atoms with Crippen molar-refractivity contribution in [2.75, 3.05) is 12.4 Å². The molecule has 0 aliphatic rings. The van der Waals surface area contributed by atoms with E-state index < -0.39 is 0 Å². The molecule has 0 bridgehead atoms. The predicted octanol–water partition coefficient (Wildman–Crippen LogP) is 2.98. The van der Waals surface area contributed by atoms with Gasteiger partial charge in [-0.25, -0.2) is 0 Å². The number of hydrogen-bond acceptors (Lipinski definition) is 3. The Bertz CT molecular complexity index is 694. The Kier molecular flexibility index (Phi) is 5.57. The molecule has 0 saturated heterocycles. The average Bonchev–Trinajstić information content (AvgIpc) is 2.53. The van der Waals surface area contributed by atoms with Crippen LogP contribution in [0.5, 0.6) is 5.75 Å². The van der Waals surface area contributed by atoms with Gasteiger partial charge < -0.3 is 10.1 Å². The second-order valence-electron chi connectivity index (χ2n) is 4.25. The molecule has 0 saturated carbocycles. The molecule has 2 rings (SSSR count). The zero-order valence-electron chi connectivity index (χ0n) is 11.7. The summed E-state index contributed by atoms with van der Waals surface area (Å²) in [6.07, 6.45) is 0. The normalized spacial score (nSPS) is 9.73. The van der Waals surface area contributed by atoms with Crippen LogP contribution in [-0.2, 0) is 0 Å². The molecule has 5 nitrogen and oxygen atoms in total. The number of methoxy groups -OCH3 is 1. The summed E-state index contributed by atoms with van der Waals surface area (Å²) in [6, 6.07) is 14.0. The minimum Gasteiger partial charge on any atom is -0.497 e. The van der Waals surface area contributed by atoms with Crippen LogP contribution in [0.3, 0.4) is 0 Å². The smallest absolute Gasteiger partial charge is 0.271 e. The molecule has 0 unspecified atom stereocenters. The van der Waals surface area contributed by atoms with Gasteiger partial charge in [-0.3, -0.25) is 15.6 Å². The monoisotopic (exact) mass is 335 g/mol. The second-order valence-corrected chi connectivity index (χ2v) is 5.06. The van der Waals surface area contributed by atoms with Crippen molar-refractivity contribution < 1.29 is 9.53 Å². The van der Waals surface area contributed by atoms with Crippen LogP contribution in [0.2, 0.25) is 5.02 Å². The van der Waals surface area contributed by atoms with E-state index in [0.29, 0.717) is 16.3 Å². The van der Waals surface area contributed by atoms with Gasteiger partial charge in [0.05, 0.1) is 17.7 Å². The molecule has 0 aliphatic carbocycles. The Labute approximate surface area is 138 Å².